The highest BCUT2D eigenvalue weighted by molar-refractivity contribution is 6.32. The first-order chi connectivity index (χ1) is 36.5. The van der Waals surface area contributed by atoms with Crippen LogP contribution in [0.4, 0.5) is 0 Å². The topological polar surface area (TPSA) is 370 Å². The molecule has 5 aromatic carbocycles. The molecule has 0 fully saturated rings. The molecule has 77 heavy (non-hydrogen) atoms. The van der Waals surface area contributed by atoms with Gasteiger partial charge in [-0.1, -0.05) is 55.2 Å². The van der Waals surface area contributed by atoms with Gasteiger partial charge < -0.3 is 83.1 Å². The molecule has 25 heteroatoms. The van der Waals surface area contributed by atoms with Gasteiger partial charge in [0.2, 0.25) is 47.1 Å². The van der Waals surface area contributed by atoms with Crippen molar-refractivity contribution in [1.82, 2.24) is 37.2 Å². The normalized spacial score (nSPS) is 21.9. The second-order valence-corrected chi connectivity index (χ2v) is 19.7. The highest BCUT2D eigenvalue weighted by Crippen LogP contribution is 2.47. The Morgan fingerprint density at radius 1 is 0.675 bits per heavy atom. The molecule has 0 unspecified atom stereocenters. The number of phenols is 4. The van der Waals surface area contributed by atoms with E-state index in [1.165, 1.54) is 61.6 Å². The number of aliphatic hydroxyl groups excluding tert-OH is 2. The number of carbonyl (C=O) groups excluding carboxylic acids is 7. The number of fused-ring (bicyclic) bond motifs is 15. The summed E-state index contributed by atoms with van der Waals surface area (Å²) in [6, 6.07) is 4.68. The molecule has 10 rings (SSSR count). The zero-order valence-electron chi connectivity index (χ0n) is 41.0. The van der Waals surface area contributed by atoms with E-state index in [2.05, 4.69) is 37.2 Å². The van der Waals surface area contributed by atoms with Gasteiger partial charge in [-0.15, -0.1) is 0 Å². The molecule has 7 amide bonds. The Kier molecular flexibility index (Phi) is 16.0. The summed E-state index contributed by atoms with van der Waals surface area (Å²) in [5, 5.41) is 86.0. The monoisotopic (exact) mass is 1100 g/mol. The fourth-order valence-corrected chi connectivity index (χ4v) is 9.55. The Bertz CT molecular complexity index is 3230. The summed E-state index contributed by atoms with van der Waals surface area (Å²) in [5.74, 6) is -11.5. The fourth-order valence-electron chi connectivity index (χ4n) is 9.09. The average Bonchev–Trinajstić information content (AvgIpc) is 3.38. The lowest BCUT2D eigenvalue weighted by atomic mass is 9.92. The number of nitrogens with two attached hydrogens (primary N) is 1. The van der Waals surface area contributed by atoms with Gasteiger partial charge in [-0.3, -0.25) is 33.6 Å². The van der Waals surface area contributed by atoms with Crippen LogP contribution in [-0.2, 0) is 40.1 Å². The second kappa shape index (κ2) is 22.5. The summed E-state index contributed by atoms with van der Waals surface area (Å²) >= 11 is 13.5. The summed E-state index contributed by atoms with van der Waals surface area (Å²) in [5.41, 5.74) is 4.88. The van der Waals surface area contributed by atoms with Gasteiger partial charge in [0.25, 0.3) is 0 Å². The first-order valence-electron chi connectivity index (χ1n) is 23.8. The van der Waals surface area contributed by atoms with Crippen LogP contribution in [0.3, 0.4) is 0 Å². The Labute approximate surface area is 448 Å². The third kappa shape index (κ3) is 11.7. The first kappa shape index (κ1) is 54.9. The van der Waals surface area contributed by atoms with E-state index in [-0.39, 0.29) is 72.8 Å². The van der Waals surface area contributed by atoms with Gasteiger partial charge >= 0.3 is 0 Å². The van der Waals surface area contributed by atoms with Crippen molar-refractivity contribution in [3.63, 3.8) is 0 Å². The number of aliphatic hydroxyl groups is 2. The van der Waals surface area contributed by atoms with E-state index < -0.39 is 137 Å². The van der Waals surface area contributed by atoms with Gasteiger partial charge in [0.05, 0.1) is 22.5 Å². The molecule has 0 aromatic heterocycles. The second-order valence-electron chi connectivity index (χ2n) is 18.9. The molecule has 5 aliphatic rings. The van der Waals surface area contributed by atoms with Crippen molar-refractivity contribution in [2.24, 2.45) is 11.7 Å². The quantitative estimate of drug-likeness (QED) is 0.111. The Balaban J connectivity index is 1.34. The van der Waals surface area contributed by atoms with Crippen molar-refractivity contribution in [3.05, 3.63) is 117 Å². The summed E-state index contributed by atoms with van der Waals surface area (Å²) in [4.78, 5) is 100. The smallest absolute Gasteiger partial charge is 0.248 e. The number of benzene rings is 5. The Hall–Kier alpha value is -8.35. The Morgan fingerprint density at radius 2 is 1.26 bits per heavy atom. The van der Waals surface area contributed by atoms with Crippen molar-refractivity contribution in [2.75, 3.05) is 7.05 Å². The van der Waals surface area contributed by atoms with E-state index in [0.717, 1.165) is 24.3 Å². The summed E-state index contributed by atoms with van der Waals surface area (Å²) in [6.45, 7) is 3.27. The number of hydrogen-bond acceptors (Lipinski definition) is 16. The number of carbonyl (C=O) groups is 7. The molecule has 0 saturated carbocycles. The zero-order chi connectivity index (χ0) is 55.7. The number of likely N-dealkylation sites (N-methyl/N-ethyl adjacent to an activating group) is 1. The minimum absolute atomic E-state index is 0.0152. The van der Waals surface area contributed by atoms with Crippen LogP contribution >= 0.6 is 23.2 Å². The molecule has 0 saturated heterocycles. The molecule has 5 heterocycles. The van der Waals surface area contributed by atoms with Crippen molar-refractivity contribution < 1.29 is 73.7 Å². The SMILES string of the molecule is CN[C@H](CC(C)C)C(=O)N[C@H]1C(=O)N[C@@H](CC(N)=O)C(=O)N[C@H]2C(=O)N[C@H]3C(=O)N[C@H](C(=O)NCc4cc(O)cc(O)c4-c4cc3ccc4O)[C@H](O)c3ccc(c(Cl)c3)Oc3cc2cc(c3O)Oc2ccc(cc2Cl)[C@H]1O. The van der Waals surface area contributed by atoms with E-state index in [1.54, 1.807) is 0 Å². The minimum atomic E-state index is -2.09. The van der Waals surface area contributed by atoms with Gasteiger partial charge in [0.15, 0.2) is 11.5 Å². The molecule has 23 nitrogen and oxygen atoms in total. The number of rotatable bonds is 7. The average molecular weight is 1100 g/mol. The van der Waals surface area contributed by atoms with Crippen LogP contribution in [-0.4, -0.2) is 103 Å². The van der Waals surface area contributed by atoms with Gasteiger partial charge in [0, 0.05) is 23.7 Å². The predicted molar refractivity (Wildman–Crippen MR) is 273 cm³/mol. The van der Waals surface area contributed by atoms with Crippen LogP contribution in [0.2, 0.25) is 10.0 Å². The highest BCUT2D eigenvalue weighted by atomic mass is 35.5. The number of halogens is 2. The van der Waals surface area contributed by atoms with Gasteiger partial charge in [-0.05, 0) is 102 Å². The van der Waals surface area contributed by atoms with E-state index in [9.17, 15) is 59.4 Å². The molecule has 8 atom stereocenters. The molecular weight excluding hydrogens is 1050 g/mol. The highest BCUT2D eigenvalue weighted by Gasteiger charge is 2.40. The largest absolute Gasteiger partial charge is 0.508 e. The van der Waals surface area contributed by atoms with E-state index >= 15 is 4.79 Å². The number of amides is 7. The van der Waals surface area contributed by atoms with E-state index in [1.807, 2.05) is 13.8 Å². The molecule has 0 radical (unpaired) electrons. The maximum Gasteiger partial charge on any atom is 0.248 e. The molecule has 0 spiro atoms. The molecule has 0 aliphatic carbocycles. The van der Waals surface area contributed by atoms with Gasteiger partial charge in [-0.2, -0.15) is 0 Å². The van der Waals surface area contributed by atoms with Crippen LogP contribution < -0.4 is 52.4 Å². The number of hydrogen-bond donors (Lipinski definition) is 14. The summed E-state index contributed by atoms with van der Waals surface area (Å²) < 4.78 is 12.3. The van der Waals surface area contributed by atoms with Crippen molar-refractivity contribution in [3.8, 4) is 57.1 Å². The van der Waals surface area contributed by atoms with Crippen molar-refractivity contribution in [1.29, 1.82) is 0 Å². The minimum Gasteiger partial charge on any atom is -0.508 e. The first-order valence-corrected chi connectivity index (χ1v) is 24.6. The van der Waals surface area contributed by atoms with Gasteiger partial charge in [-0.25, -0.2) is 0 Å². The van der Waals surface area contributed by atoms with Gasteiger partial charge in [0.1, 0.15) is 71.2 Å². The standard InChI is InChI=1S/C52H52Cl2N8O15/c1-20(2)10-30(56-3)47(70)61-43-45(68)23-6-9-35(29(54)14-23)77-37-16-24-15-36(46(37)69)76-34-8-5-22(13-28(34)53)44(67)42-49(72)57-19-25-11-26(63)17-33(65)39(25)27-12-21(4-7-32(27)64)40(50(73)62-42)60-51(74)41(24)59-48(71)31(18-38(55)66)58-52(43)75/h4-9,11-17,20,30-31,40-45,56,63-65,67-69H,10,18-19H2,1-3H3,(H2,55,66)(H,57,72)(H,58,75)(H,59,71)(H,60,74)(H,61,70)(H,62,73)/t30-,31+,40-,41-,42+,43-,44-,45-/m1/s1. The molecule has 15 N–H and O–H groups in total. The molecule has 5 aliphatic heterocycles. The Morgan fingerprint density at radius 3 is 1.86 bits per heavy atom. The number of nitrogens with one attached hydrogen (secondary N) is 7. The number of primary amides is 1. The van der Waals surface area contributed by atoms with Crippen LogP contribution in [0.1, 0.15) is 78.8 Å². The van der Waals surface area contributed by atoms with Crippen LogP contribution in [0.5, 0.6) is 46.0 Å². The fraction of sp³-hybridized carbons (Fsp3) is 0.288. The number of ether oxygens (including phenoxy) is 2. The predicted octanol–water partition coefficient (Wildman–Crippen LogP) is 2.77. The third-order valence-electron chi connectivity index (χ3n) is 13.0. The van der Waals surface area contributed by atoms with Crippen LogP contribution in [0, 0.1) is 5.92 Å². The summed E-state index contributed by atoms with van der Waals surface area (Å²) in [6.07, 6.45) is -4.47. The number of aromatic hydroxyl groups is 4. The maximum atomic E-state index is 15.3. The summed E-state index contributed by atoms with van der Waals surface area (Å²) in [7, 11) is 1.51. The van der Waals surface area contributed by atoms with E-state index in [0.29, 0.717) is 0 Å². The number of phenolic OH excluding ortho intramolecular Hbond substituents is 4. The van der Waals surface area contributed by atoms with Crippen molar-refractivity contribution >= 4 is 64.6 Å². The third-order valence-corrected chi connectivity index (χ3v) is 13.6. The molecular formula is C52H52Cl2N8O15. The maximum absolute atomic E-state index is 15.3. The van der Waals surface area contributed by atoms with Crippen molar-refractivity contribution in [2.45, 2.75) is 81.7 Å². The molecule has 5 aromatic rings. The lowest BCUT2D eigenvalue weighted by Gasteiger charge is -2.30. The lowest BCUT2D eigenvalue weighted by molar-refractivity contribution is -0.137. The van der Waals surface area contributed by atoms with E-state index in [4.69, 9.17) is 38.4 Å². The zero-order valence-corrected chi connectivity index (χ0v) is 42.5. The molecule has 404 valence electrons. The van der Waals surface area contributed by atoms with Crippen LogP contribution in [0.25, 0.3) is 11.1 Å². The lowest BCUT2D eigenvalue weighted by Crippen LogP contribution is -2.59. The van der Waals surface area contributed by atoms with Crippen LogP contribution in [0.15, 0.2) is 78.9 Å². The molecule has 11 bridgehead atoms.